The number of amides is 1. The maximum atomic E-state index is 13.4. The van der Waals surface area contributed by atoms with E-state index in [9.17, 15) is 30.0 Å². The summed E-state index contributed by atoms with van der Waals surface area (Å²) in [4.78, 5) is 11.0. The standard InChI is InChI=1S/C17H24N2O7S3/c1-13(20)18-10-14-2-4-17(5-3-14)29(25,26)19(15-6-8-27(21,22)11-15)16-7-9-28(23,24)12-16/h2-5,15-16H,6-12H2,1H3,(H,18,20)/t15-,16-/m0/s1. The zero-order chi connectivity index (χ0) is 21.4. The van der Waals surface area contributed by atoms with Gasteiger partial charge in [-0.15, -0.1) is 0 Å². The lowest BCUT2D eigenvalue weighted by molar-refractivity contribution is -0.119. The molecule has 0 radical (unpaired) electrons. The van der Waals surface area contributed by atoms with Gasteiger partial charge >= 0.3 is 0 Å². The van der Waals surface area contributed by atoms with Crippen molar-refractivity contribution in [2.24, 2.45) is 0 Å². The average Bonchev–Trinajstić information content (AvgIpc) is 3.14. The number of benzene rings is 1. The fourth-order valence-electron chi connectivity index (χ4n) is 3.77. The monoisotopic (exact) mass is 464 g/mol. The highest BCUT2D eigenvalue weighted by Crippen LogP contribution is 2.31. The molecule has 1 aromatic rings. The van der Waals surface area contributed by atoms with E-state index >= 15 is 0 Å². The van der Waals surface area contributed by atoms with E-state index in [-0.39, 0.29) is 53.2 Å². The molecule has 0 saturated carbocycles. The Hall–Kier alpha value is -1.50. The Labute approximate surface area is 171 Å². The van der Waals surface area contributed by atoms with Crippen LogP contribution in [0.1, 0.15) is 25.3 Å². The Morgan fingerprint density at radius 1 is 1.00 bits per heavy atom. The predicted octanol–water partition coefficient (Wildman–Crippen LogP) is -0.312. The molecule has 12 heteroatoms. The van der Waals surface area contributed by atoms with Crippen LogP contribution in [0.15, 0.2) is 29.2 Å². The normalized spacial score (nSPS) is 25.9. The molecule has 9 nitrogen and oxygen atoms in total. The van der Waals surface area contributed by atoms with E-state index in [1.807, 2.05) is 0 Å². The van der Waals surface area contributed by atoms with Crippen molar-refractivity contribution in [3.8, 4) is 0 Å². The fraction of sp³-hybridized carbons (Fsp3) is 0.588. The minimum Gasteiger partial charge on any atom is -0.352 e. The molecule has 0 bridgehead atoms. The number of hydrogen-bond donors (Lipinski definition) is 1. The molecule has 2 fully saturated rings. The van der Waals surface area contributed by atoms with E-state index in [1.54, 1.807) is 12.1 Å². The number of sulfonamides is 1. The summed E-state index contributed by atoms with van der Waals surface area (Å²) in [6.45, 7) is 1.63. The molecule has 2 saturated heterocycles. The van der Waals surface area contributed by atoms with Gasteiger partial charge in [0.15, 0.2) is 19.7 Å². The van der Waals surface area contributed by atoms with Crippen LogP contribution in [-0.4, -0.2) is 70.6 Å². The van der Waals surface area contributed by atoms with Crippen LogP contribution in [0.4, 0.5) is 0 Å². The van der Waals surface area contributed by atoms with Gasteiger partial charge in [0.1, 0.15) is 0 Å². The first-order valence-corrected chi connectivity index (χ1v) is 14.3. The van der Waals surface area contributed by atoms with Crippen LogP contribution in [0.25, 0.3) is 0 Å². The predicted molar refractivity (Wildman–Crippen MR) is 107 cm³/mol. The molecule has 0 aromatic heterocycles. The molecular weight excluding hydrogens is 440 g/mol. The number of nitrogens with zero attached hydrogens (tertiary/aromatic N) is 1. The van der Waals surface area contributed by atoms with Gasteiger partial charge in [-0.2, -0.15) is 4.31 Å². The molecule has 0 spiro atoms. The lowest BCUT2D eigenvalue weighted by Gasteiger charge is -2.32. The van der Waals surface area contributed by atoms with Crippen molar-refractivity contribution >= 4 is 35.6 Å². The van der Waals surface area contributed by atoms with Gasteiger partial charge in [-0.05, 0) is 30.5 Å². The summed E-state index contributed by atoms with van der Waals surface area (Å²) in [5, 5.41) is 2.62. The molecule has 1 aromatic carbocycles. The van der Waals surface area contributed by atoms with Crippen LogP contribution >= 0.6 is 0 Å². The van der Waals surface area contributed by atoms with E-state index in [4.69, 9.17) is 0 Å². The number of nitrogens with one attached hydrogen (secondary N) is 1. The number of rotatable bonds is 6. The zero-order valence-electron chi connectivity index (χ0n) is 15.9. The third-order valence-corrected chi connectivity index (χ3v) is 10.7. The van der Waals surface area contributed by atoms with Gasteiger partial charge in [-0.3, -0.25) is 4.79 Å². The van der Waals surface area contributed by atoms with Crippen LogP contribution in [0.2, 0.25) is 0 Å². The van der Waals surface area contributed by atoms with Crippen molar-refractivity contribution < 1.29 is 30.0 Å². The first-order valence-electron chi connectivity index (χ1n) is 9.17. The Morgan fingerprint density at radius 3 is 1.86 bits per heavy atom. The van der Waals surface area contributed by atoms with Crippen molar-refractivity contribution in [1.29, 1.82) is 0 Å². The van der Waals surface area contributed by atoms with Crippen molar-refractivity contribution in [3.63, 3.8) is 0 Å². The molecule has 2 atom stereocenters. The van der Waals surface area contributed by atoms with Crippen LogP contribution in [-0.2, 0) is 41.0 Å². The molecular formula is C17H24N2O7S3. The first-order chi connectivity index (χ1) is 13.4. The highest BCUT2D eigenvalue weighted by atomic mass is 32.2. The van der Waals surface area contributed by atoms with Crippen LogP contribution in [0, 0.1) is 0 Å². The largest absolute Gasteiger partial charge is 0.352 e. The van der Waals surface area contributed by atoms with E-state index < -0.39 is 41.8 Å². The summed E-state index contributed by atoms with van der Waals surface area (Å²) in [5.41, 5.74) is 0.706. The Kier molecular flexibility index (Phi) is 6.10. The van der Waals surface area contributed by atoms with Gasteiger partial charge in [0.2, 0.25) is 15.9 Å². The van der Waals surface area contributed by atoms with E-state index in [2.05, 4.69) is 5.32 Å². The topological polar surface area (TPSA) is 135 Å². The summed E-state index contributed by atoms with van der Waals surface area (Å²) in [6, 6.07) is 4.37. The van der Waals surface area contributed by atoms with E-state index in [0.29, 0.717) is 5.56 Å². The second-order valence-electron chi connectivity index (χ2n) is 7.50. The van der Waals surface area contributed by atoms with E-state index in [0.717, 1.165) is 4.31 Å². The number of carbonyl (C=O) groups excluding carboxylic acids is 1. The molecule has 29 heavy (non-hydrogen) atoms. The number of hydrogen-bond acceptors (Lipinski definition) is 7. The van der Waals surface area contributed by atoms with Crippen LogP contribution in [0.3, 0.4) is 0 Å². The third kappa shape index (κ3) is 5.16. The number of sulfone groups is 2. The van der Waals surface area contributed by atoms with Gasteiger partial charge in [0, 0.05) is 25.6 Å². The van der Waals surface area contributed by atoms with Crippen molar-refractivity contribution in [3.05, 3.63) is 29.8 Å². The second kappa shape index (κ2) is 7.97. The quantitative estimate of drug-likeness (QED) is 0.610. The summed E-state index contributed by atoms with van der Waals surface area (Å²) in [7, 11) is -10.8. The maximum Gasteiger partial charge on any atom is 0.243 e. The van der Waals surface area contributed by atoms with Gasteiger partial charge in [-0.25, -0.2) is 25.3 Å². The van der Waals surface area contributed by atoms with Gasteiger partial charge in [0.05, 0.1) is 27.9 Å². The second-order valence-corrected chi connectivity index (χ2v) is 13.8. The molecule has 0 aliphatic carbocycles. The molecule has 2 heterocycles. The number of carbonyl (C=O) groups is 1. The highest BCUT2D eigenvalue weighted by molar-refractivity contribution is 7.92. The Balaban J connectivity index is 1.92. The first kappa shape index (κ1) is 22.2. The molecule has 162 valence electrons. The van der Waals surface area contributed by atoms with Crippen LogP contribution in [0.5, 0.6) is 0 Å². The SMILES string of the molecule is CC(=O)NCc1ccc(S(=O)(=O)N([C@H]2CCS(=O)(=O)C2)[C@H]2CCS(=O)(=O)C2)cc1. The van der Waals surface area contributed by atoms with Crippen molar-refractivity contribution in [2.45, 2.75) is 43.3 Å². The van der Waals surface area contributed by atoms with Gasteiger partial charge in [-0.1, -0.05) is 12.1 Å². The minimum absolute atomic E-state index is 0.0299. The minimum atomic E-state index is -4.10. The van der Waals surface area contributed by atoms with Gasteiger partial charge in [0.25, 0.3) is 0 Å². The molecule has 3 rings (SSSR count). The lowest BCUT2D eigenvalue weighted by atomic mass is 10.2. The smallest absolute Gasteiger partial charge is 0.243 e. The summed E-state index contributed by atoms with van der Waals surface area (Å²) in [6.07, 6.45) is 0.303. The van der Waals surface area contributed by atoms with E-state index in [1.165, 1.54) is 19.1 Å². The molecule has 0 unspecified atom stereocenters. The molecule has 1 N–H and O–H groups in total. The molecule has 1 amide bonds. The average molecular weight is 465 g/mol. The Morgan fingerprint density at radius 2 is 1.48 bits per heavy atom. The van der Waals surface area contributed by atoms with Crippen molar-refractivity contribution in [2.75, 3.05) is 23.0 Å². The molecule has 2 aliphatic heterocycles. The Bertz CT molecular complexity index is 1050. The lowest BCUT2D eigenvalue weighted by Crippen LogP contribution is -2.48. The highest BCUT2D eigenvalue weighted by Gasteiger charge is 2.45. The maximum absolute atomic E-state index is 13.4. The van der Waals surface area contributed by atoms with Gasteiger partial charge < -0.3 is 5.32 Å². The molecule has 2 aliphatic rings. The fourth-order valence-corrected chi connectivity index (χ4v) is 9.25. The summed E-state index contributed by atoms with van der Waals surface area (Å²) < 4.78 is 75.7. The zero-order valence-corrected chi connectivity index (χ0v) is 18.4. The van der Waals surface area contributed by atoms with Crippen LogP contribution < -0.4 is 5.32 Å². The third-order valence-electron chi connectivity index (χ3n) is 5.18. The summed E-state index contributed by atoms with van der Waals surface area (Å²) in [5.74, 6) is -1.04. The van der Waals surface area contributed by atoms with Crippen molar-refractivity contribution in [1.82, 2.24) is 9.62 Å². The summed E-state index contributed by atoms with van der Waals surface area (Å²) >= 11 is 0.